The largest absolute Gasteiger partial charge is 0.465 e. The number of fused-ring (bicyclic) bond motifs is 1. The number of nitrogens with zero attached hydrogens (tertiary/aromatic N) is 4. The van der Waals surface area contributed by atoms with Crippen LogP contribution in [0.5, 0.6) is 0 Å². The molecule has 3 rings (SSSR count). The number of hydrogen-bond acceptors (Lipinski definition) is 5. The highest BCUT2D eigenvalue weighted by Crippen LogP contribution is 2.12. The Kier molecular flexibility index (Phi) is 2.25. The minimum Gasteiger partial charge on any atom is -0.465 e. The van der Waals surface area contributed by atoms with Crippen molar-refractivity contribution < 1.29 is 4.42 Å². The topological polar surface area (TPSA) is 68.2 Å². The summed E-state index contributed by atoms with van der Waals surface area (Å²) in [6, 6.07) is 3.87. The molecule has 3 aromatic heterocycles. The summed E-state index contributed by atoms with van der Waals surface area (Å²) in [6.45, 7) is 2.49. The second-order valence-electron chi connectivity index (χ2n) is 3.70. The first kappa shape index (κ1) is 9.83. The van der Waals surface area contributed by atoms with Crippen molar-refractivity contribution >= 4 is 11.5 Å². The van der Waals surface area contributed by atoms with E-state index in [0.29, 0.717) is 18.0 Å². The summed E-state index contributed by atoms with van der Waals surface area (Å²) in [5.74, 6) is 2.46. The molecule has 0 spiro atoms. The molecular formula is C11H11N5O. The van der Waals surface area contributed by atoms with Crippen molar-refractivity contribution in [2.75, 3.05) is 5.32 Å². The maximum absolute atomic E-state index is 5.47. The quantitative estimate of drug-likeness (QED) is 0.739. The van der Waals surface area contributed by atoms with Crippen molar-refractivity contribution in [3.63, 3.8) is 0 Å². The average Bonchev–Trinajstić information content (AvgIpc) is 2.94. The Morgan fingerprint density at radius 3 is 3.18 bits per heavy atom. The third kappa shape index (κ3) is 1.84. The molecule has 0 radical (unpaired) electrons. The van der Waals surface area contributed by atoms with E-state index < -0.39 is 0 Å². The van der Waals surface area contributed by atoms with Gasteiger partial charge in [-0.1, -0.05) is 0 Å². The molecule has 86 valence electrons. The van der Waals surface area contributed by atoms with Gasteiger partial charge < -0.3 is 9.73 Å². The van der Waals surface area contributed by atoms with Crippen LogP contribution in [0.25, 0.3) is 5.65 Å². The number of anilines is 1. The lowest BCUT2D eigenvalue weighted by atomic mass is 10.4. The Bertz CT molecular complexity index is 642. The Morgan fingerprint density at radius 1 is 1.41 bits per heavy atom. The molecule has 0 aromatic carbocycles. The van der Waals surface area contributed by atoms with Gasteiger partial charge in [0.25, 0.3) is 0 Å². The highest BCUT2D eigenvalue weighted by molar-refractivity contribution is 5.61. The van der Waals surface area contributed by atoms with Crippen LogP contribution < -0.4 is 5.32 Å². The van der Waals surface area contributed by atoms with E-state index in [4.69, 9.17) is 4.42 Å². The molecule has 0 unspecified atom stereocenters. The molecule has 0 bridgehead atoms. The summed E-state index contributed by atoms with van der Waals surface area (Å²) < 4.78 is 7.27. The van der Waals surface area contributed by atoms with Gasteiger partial charge in [0.05, 0.1) is 6.54 Å². The maximum atomic E-state index is 5.47. The van der Waals surface area contributed by atoms with Crippen LogP contribution in [0.15, 0.2) is 35.3 Å². The normalized spacial score (nSPS) is 10.9. The van der Waals surface area contributed by atoms with E-state index in [1.54, 1.807) is 18.7 Å². The second-order valence-corrected chi connectivity index (χ2v) is 3.70. The van der Waals surface area contributed by atoms with Crippen LogP contribution >= 0.6 is 0 Å². The van der Waals surface area contributed by atoms with E-state index in [1.807, 2.05) is 23.5 Å². The number of furan rings is 1. The van der Waals surface area contributed by atoms with Crippen LogP contribution in [0.4, 0.5) is 5.82 Å². The van der Waals surface area contributed by atoms with Crippen molar-refractivity contribution in [2.24, 2.45) is 0 Å². The van der Waals surface area contributed by atoms with Crippen molar-refractivity contribution in [2.45, 2.75) is 13.5 Å². The lowest BCUT2D eigenvalue weighted by Gasteiger charge is -2.03. The summed E-state index contributed by atoms with van der Waals surface area (Å²) in [6.07, 6.45) is 5.14. The maximum Gasteiger partial charge on any atom is 0.203 e. The zero-order chi connectivity index (χ0) is 11.7. The van der Waals surface area contributed by atoms with Crippen LogP contribution in [0.2, 0.25) is 0 Å². The SMILES string of the molecule is Cc1ccc(CNc2nccn3cnnc23)o1. The zero-order valence-electron chi connectivity index (χ0n) is 9.29. The van der Waals surface area contributed by atoms with Crippen LogP contribution in [-0.2, 0) is 6.54 Å². The lowest BCUT2D eigenvalue weighted by Crippen LogP contribution is -2.02. The zero-order valence-corrected chi connectivity index (χ0v) is 9.29. The van der Waals surface area contributed by atoms with E-state index >= 15 is 0 Å². The summed E-state index contributed by atoms with van der Waals surface area (Å²) >= 11 is 0. The highest BCUT2D eigenvalue weighted by atomic mass is 16.3. The van der Waals surface area contributed by atoms with Crippen LogP contribution in [-0.4, -0.2) is 19.6 Å². The molecule has 6 nitrogen and oxygen atoms in total. The van der Waals surface area contributed by atoms with Gasteiger partial charge >= 0.3 is 0 Å². The Labute approximate surface area is 97.3 Å². The second kappa shape index (κ2) is 3.89. The van der Waals surface area contributed by atoms with Gasteiger partial charge in [-0.25, -0.2) is 4.98 Å². The molecule has 0 amide bonds. The number of rotatable bonds is 3. The fourth-order valence-electron chi connectivity index (χ4n) is 1.63. The Balaban J connectivity index is 1.83. The molecule has 17 heavy (non-hydrogen) atoms. The minimum atomic E-state index is 0.577. The first-order valence-electron chi connectivity index (χ1n) is 5.26. The Hall–Kier alpha value is -2.37. The summed E-state index contributed by atoms with van der Waals surface area (Å²) in [4.78, 5) is 4.22. The first-order valence-corrected chi connectivity index (χ1v) is 5.26. The summed E-state index contributed by atoms with van der Waals surface area (Å²) in [7, 11) is 0. The number of nitrogens with one attached hydrogen (secondary N) is 1. The van der Waals surface area contributed by atoms with Crippen LogP contribution in [0, 0.1) is 6.92 Å². The van der Waals surface area contributed by atoms with Gasteiger partial charge in [-0.2, -0.15) is 0 Å². The standard InChI is InChI=1S/C11H11N5O/c1-8-2-3-9(17-8)6-13-10-11-15-14-7-16(11)5-4-12-10/h2-5,7H,6H2,1H3,(H,12,13). The van der Waals surface area contributed by atoms with E-state index in [-0.39, 0.29) is 0 Å². The van der Waals surface area contributed by atoms with E-state index in [9.17, 15) is 0 Å². The third-order valence-electron chi connectivity index (χ3n) is 2.44. The molecule has 0 saturated heterocycles. The molecule has 3 aromatic rings. The molecule has 0 fully saturated rings. The minimum absolute atomic E-state index is 0.577. The Morgan fingerprint density at radius 2 is 2.35 bits per heavy atom. The first-order chi connectivity index (χ1) is 8.33. The molecule has 0 saturated carbocycles. The smallest absolute Gasteiger partial charge is 0.203 e. The fourth-order valence-corrected chi connectivity index (χ4v) is 1.63. The van der Waals surface area contributed by atoms with Crippen LogP contribution in [0.1, 0.15) is 11.5 Å². The molecule has 0 aliphatic carbocycles. The van der Waals surface area contributed by atoms with Gasteiger partial charge in [-0.3, -0.25) is 4.40 Å². The molecule has 0 aliphatic rings. The summed E-state index contributed by atoms with van der Waals surface area (Å²) in [5, 5.41) is 11.0. The van der Waals surface area contributed by atoms with Crippen molar-refractivity contribution in [3.05, 3.63) is 42.4 Å². The van der Waals surface area contributed by atoms with Crippen molar-refractivity contribution in [3.8, 4) is 0 Å². The summed E-state index contributed by atoms with van der Waals surface area (Å²) in [5.41, 5.74) is 0.704. The molecule has 3 heterocycles. The van der Waals surface area contributed by atoms with Gasteiger partial charge in [0.15, 0.2) is 5.82 Å². The van der Waals surface area contributed by atoms with E-state index in [1.165, 1.54) is 0 Å². The van der Waals surface area contributed by atoms with E-state index in [2.05, 4.69) is 20.5 Å². The predicted octanol–water partition coefficient (Wildman–Crippen LogP) is 1.64. The van der Waals surface area contributed by atoms with E-state index in [0.717, 1.165) is 11.5 Å². The third-order valence-corrected chi connectivity index (χ3v) is 2.44. The number of aromatic nitrogens is 4. The van der Waals surface area contributed by atoms with Gasteiger partial charge in [-0.05, 0) is 19.1 Å². The number of aryl methyl sites for hydroxylation is 1. The predicted molar refractivity (Wildman–Crippen MR) is 61.6 cm³/mol. The molecule has 1 N–H and O–H groups in total. The van der Waals surface area contributed by atoms with Crippen molar-refractivity contribution in [1.82, 2.24) is 19.6 Å². The fraction of sp³-hybridized carbons (Fsp3) is 0.182. The molecular weight excluding hydrogens is 218 g/mol. The average molecular weight is 229 g/mol. The van der Waals surface area contributed by atoms with Gasteiger partial charge in [0.2, 0.25) is 5.65 Å². The highest BCUT2D eigenvalue weighted by Gasteiger charge is 2.05. The van der Waals surface area contributed by atoms with Gasteiger partial charge in [0, 0.05) is 12.4 Å². The monoisotopic (exact) mass is 229 g/mol. The van der Waals surface area contributed by atoms with Gasteiger partial charge in [-0.15, -0.1) is 10.2 Å². The van der Waals surface area contributed by atoms with Crippen molar-refractivity contribution in [1.29, 1.82) is 0 Å². The van der Waals surface area contributed by atoms with Gasteiger partial charge in [0.1, 0.15) is 17.8 Å². The van der Waals surface area contributed by atoms with Crippen LogP contribution in [0.3, 0.4) is 0 Å². The number of hydrogen-bond donors (Lipinski definition) is 1. The molecule has 0 atom stereocenters. The molecule has 6 heteroatoms. The lowest BCUT2D eigenvalue weighted by molar-refractivity contribution is 0.490. The molecule has 0 aliphatic heterocycles.